The average Bonchev–Trinajstić information content (AvgIpc) is 2.82. The van der Waals surface area contributed by atoms with Crippen molar-refractivity contribution in [2.24, 2.45) is 7.05 Å². The molecule has 0 bridgehead atoms. The van der Waals surface area contributed by atoms with Gasteiger partial charge in [0.1, 0.15) is 0 Å². The second-order valence-corrected chi connectivity index (χ2v) is 3.64. The molecule has 90 valence electrons. The third-order valence-corrected chi connectivity index (χ3v) is 2.24. The summed E-state index contributed by atoms with van der Waals surface area (Å²) in [4.78, 5) is 10.6. The quantitative estimate of drug-likeness (QED) is 0.823. The number of carboxylic acid groups (broad SMARTS) is 1. The maximum Gasteiger partial charge on any atom is 0.358 e. The second kappa shape index (κ2) is 4.28. The summed E-state index contributed by atoms with van der Waals surface area (Å²) < 4.78 is 6.57. The van der Waals surface area contributed by atoms with Crippen LogP contribution in [-0.2, 0) is 13.6 Å². The van der Waals surface area contributed by atoms with Gasteiger partial charge in [0, 0.05) is 19.3 Å². The number of hydrogen-bond acceptors (Lipinski definition) is 5. The topological polar surface area (TPSA) is 93.2 Å². The fraction of sp³-hybridized carbons (Fsp3) is 0.300. The van der Waals surface area contributed by atoms with Gasteiger partial charge in [-0.2, -0.15) is 5.10 Å². The molecular weight excluding hydrogens is 224 g/mol. The predicted molar refractivity (Wildman–Crippen MR) is 58.7 cm³/mol. The van der Waals surface area contributed by atoms with Crippen molar-refractivity contribution in [3.05, 3.63) is 29.4 Å². The van der Waals surface area contributed by atoms with Crippen LogP contribution in [0.5, 0.6) is 0 Å². The number of carboxylic acids is 1. The van der Waals surface area contributed by atoms with Crippen LogP contribution in [0.1, 0.15) is 21.9 Å². The van der Waals surface area contributed by atoms with Crippen LogP contribution in [0.2, 0.25) is 0 Å². The van der Waals surface area contributed by atoms with Crippen molar-refractivity contribution in [2.45, 2.75) is 13.5 Å². The fourth-order valence-electron chi connectivity index (χ4n) is 1.45. The molecular formula is C10H12N4O3. The molecule has 0 atom stereocenters. The van der Waals surface area contributed by atoms with Gasteiger partial charge in [0.15, 0.2) is 11.5 Å². The highest BCUT2D eigenvalue weighted by atomic mass is 16.5. The zero-order valence-corrected chi connectivity index (χ0v) is 9.47. The van der Waals surface area contributed by atoms with E-state index in [2.05, 4.69) is 15.6 Å². The lowest BCUT2D eigenvalue weighted by molar-refractivity contribution is 0.0685. The highest BCUT2D eigenvalue weighted by molar-refractivity contribution is 5.85. The average molecular weight is 236 g/mol. The number of rotatable bonds is 4. The molecule has 0 saturated heterocycles. The van der Waals surface area contributed by atoms with E-state index in [0.29, 0.717) is 12.3 Å². The number of aromatic nitrogens is 3. The molecule has 0 fully saturated rings. The Labute approximate surface area is 97.0 Å². The molecule has 0 amide bonds. The fourth-order valence-corrected chi connectivity index (χ4v) is 1.45. The van der Waals surface area contributed by atoms with Crippen LogP contribution in [0, 0.1) is 6.92 Å². The lowest BCUT2D eigenvalue weighted by atomic mass is 10.3. The molecule has 0 aliphatic heterocycles. The molecule has 2 aromatic heterocycles. The Hall–Kier alpha value is -2.31. The number of aromatic carboxylic acids is 1. The van der Waals surface area contributed by atoms with Crippen LogP contribution in [-0.4, -0.2) is 26.0 Å². The molecule has 0 aromatic carbocycles. The Morgan fingerprint density at radius 2 is 2.41 bits per heavy atom. The van der Waals surface area contributed by atoms with Gasteiger partial charge in [-0.3, -0.25) is 4.68 Å². The number of nitrogens with one attached hydrogen (secondary N) is 1. The van der Waals surface area contributed by atoms with Crippen LogP contribution in [0.25, 0.3) is 0 Å². The lowest BCUT2D eigenvalue weighted by Gasteiger charge is -1.99. The molecule has 2 rings (SSSR count). The SMILES string of the molecule is Cc1nn(C)cc1NCc1cc(C(=O)O)no1. The summed E-state index contributed by atoms with van der Waals surface area (Å²) in [6, 6.07) is 1.39. The summed E-state index contributed by atoms with van der Waals surface area (Å²) in [6.45, 7) is 2.25. The van der Waals surface area contributed by atoms with Gasteiger partial charge in [0.05, 0.1) is 17.9 Å². The molecule has 2 N–H and O–H groups in total. The maximum absolute atomic E-state index is 10.6. The van der Waals surface area contributed by atoms with E-state index in [1.807, 2.05) is 20.2 Å². The van der Waals surface area contributed by atoms with Gasteiger partial charge in [-0.15, -0.1) is 0 Å². The standard InChI is InChI=1S/C10H12N4O3/c1-6-9(5-14(2)12-6)11-4-7-3-8(10(15)16)13-17-7/h3,5,11H,4H2,1-2H3,(H,15,16). The van der Waals surface area contributed by atoms with Crippen LogP contribution in [0.15, 0.2) is 16.8 Å². The van der Waals surface area contributed by atoms with Crippen LogP contribution < -0.4 is 5.32 Å². The van der Waals surface area contributed by atoms with E-state index in [1.165, 1.54) is 6.07 Å². The van der Waals surface area contributed by atoms with Crippen LogP contribution >= 0.6 is 0 Å². The highest BCUT2D eigenvalue weighted by Crippen LogP contribution is 2.13. The van der Waals surface area contributed by atoms with E-state index in [9.17, 15) is 4.79 Å². The first-order valence-corrected chi connectivity index (χ1v) is 4.99. The Morgan fingerprint density at radius 3 is 2.94 bits per heavy atom. The van der Waals surface area contributed by atoms with Crippen molar-refractivity contribution >= 4 is 11.7 Å². The largest absolute Gasteiger partial charge is 0.476 e. The molecule has 0 radical (unpaired) electrons. The van der Waals surface area contributed by atoms with E-state index in [-0.39, 0.29) is 5.69 Å². The van der Waals surface area contributed by atoms with Crippen molar-refractivity contribution in [1.29, 1.82) is 0 Å². The van der Waals surface area contributed by atoms with E-state index in [1.54, 1.807) is 4.68 Å². The molecule has 7 nitrogen and oxygen atoms in total. The smallest absolute Gasteiger partial charge is 0.358 e. The molecule has 2 heterocycles. The number of anilines is 1. The second-order valence-electron chi connectivity index (χ2n) is 3.64. The highest BCUT2D eigenvalue weighted by Gasteiger charge is 2.11. The van der Waals surface area contributed by atoms with Gasteiger partial charge in [-0.05, 0) is 6.92 Å². The first-order valence-electron chi connectivity index (χ1n) is 4.99. The summed E-state index contributed by atoms with van der Waals surface area (Å²) in [5.41, 5.74) is 1.65. The summed E-state index contributed by atoms with van der Waals surface area (Å²) in [6.07, 6.45) is 1.84. The summed E-state index contributed by atoms with van der Waals surface area (Å²) in [5, 5.41) is 19.4. The zero-order chi connectivity index (χ0) is 12.4. The first kappa shape index (κ1) is 11.2. The normalized spacial score (nSPS) is 10.5. The van der Waals surface area contributed by atoms with Gasteiger partial charge in [-0.25, -0.2) is 4.79 Å². The Kier molecular flexibility index (Phi) is 2.82. The Bertz CT molecular complexity index is 543. The number of aryl methyl sites for hydroxylation is 2. The van der Waals surface area contributed by atoms with Gasteiger partial charge in [0.25, 0.3) is 0 Å². The summed E-state index contributed by atoms with van der Waals surface area (Å²) >= 11 is 0. The maximum atomic E-state index is 10.6. The molecule has 0 aliphatic rings. The van der Waals surface area contributed by atoms with Crippen molar-refractivity contribution in [3.63, 3.8) is 0 Å². The van der Waals surface area contributed by atoms with E-state index >= 15 is 0 Å². The van der Waals surface area contributed by atoms with E-state index < -0.39 is 5.97 Å². The minimum absolute atomic E-state index is 0.0929. The van der Waals surface area contributed by atoms with Crippen molar-refractivity contribution in [1.82, 2.24) is 14.9 Å². The van der Waals surface area contributed by atoms with Crippen LogP contribution in [0.3, 0.4) is 0 Å². The molecule has 0 spiro atoms. The van der Waals surface area contributed by atoms with Gasteiger partial charge in [0.2, 0.25) is 0 Å². The van der Waals surface area contributed by atoms with Crippen molar-refractivity contribution in [2.75, 3.05) is 5.32 Å². The van der Waals surface area contributed by atoms with Gasteiger partial charge >= 0.3 is 5.97 Å². The molecule has 0 unspecified atom stereocenters. The summed E-state index contributed by atoms with van der Waals surface area (Å²) in [7, 11) is 1.83. The van der Waals surface area contributed by atoms with E-state index in [0.717, 1.165) is 11.4 Å². The van der Waals surface area contributed by atoms with Crippen molar-refractivity contribution < 1.29 is 14.4 Å². The molecule has 7 heteroatoms. The first-order chi connectivity index (χ1) is 8.06. The number of carbonyl (C=O) groups is 1. The molecule has 0 aliphatic carbocycles. The number of hydrogen-bond donors (Lipinski definition) is 2. The third-order valence-electron chi connectivity index (χ3n) is 2.24. The molecule has 2 aromatic rings. The minimum atomic E-state index is -1.10. The monoisotopic (exact) mass is 236 g/mol. The van der Waals surface area contributed by atoms with Crippen LogP contribution in [0.4, 0.5) is 5.69 Å². The predicted octanol–water partition coefficient (Wildman–Crippen LogP) is 1.03. The summed E-state index contributed by atoms with van der Waals surface area (Å²) in [5.74, 6) is -0.636. The van der Waals surface area contributed by atoms with Gasteiger partial charge < -0.3 is 14.9 Å². The Morgan fingerprint density at radius 1 is 1.65 bits per heavy atom. The zero-order valence-electron chi connectivity index (χ0n) is 9.47. The lowest BCUT2D eigenvalue weighted by Crippen LogP contribution is -1.99. The van der Waals surface area contributed by atoms with Crippen molar-refractivity contribution in [3.8, 4) is 0 Å². The number of nitrogens with zero attached hydrogens (tertiary/aromatic N) is 3. The third kappa shape index (κ3) is 2.44. The van der Waals surface area contributed by atoms with E-state index in [4.69, 9.17) is 9.63 Å². The van der Waals surface area contributed by atoms with Gasteiger partial charge in [-0.1, -0.05) is 5.16 Å². The Balaban J connectivity index is 2.02. The molecule has 0 saturated carbocycles. The minimum Gasteiger partial charge on any atom is -0.476 e. The molecule has 17 heavy (non-hydrogen) atoms.